The summed E-state index contributed by atoms with van der Waals surface area (Å²) in [6, 6.07) is 0. The van der Waals surface area contributed by atoms with E-state index in [0.717, 1.165) is 26.2 Å². The minimum Gasteiger partial charge on any atom is -0.375 e. The molecule has 17 heavy (non-hydrogen) atoms. The van der Waals surface area contributed by atoms with Gasteiger partial charge in [-0.1, -0.05) is 27.2 Å². The Kier molecular flexibility index (Phi) is 7.82. The number of piperidine rings is 1. The number of hydrogen-bond acceptors (Lipinski definition) is 3. The highest BCUT2D eigenvalue weighted by Gasteiger charge is 2.14. The van der Waals surface area contributed by atoms with Crippen molar-refractivity contribution >= 4 is 0 Å². The molecule has 1 rings (SSSR count). The summed E-state index contributed by atoms with van der Waals surface area (Å²) in [5.41, 5.74) is 0. The molecule has 1 aliphatic rings. The topological polar surface area (TPSA) is 24.5 Å². The van der Waals surface area contributed by atoms with Gasteiger partial charge in [0.2, 0.25) is 0 Å². The first-order valence-corrected chi connectivity index (χ1v) is 7.28. The van der Waals surface area contributed by atoms with Gasteiger partial charge in [-0.3, -0.25) is 0 Å². The Balaban J connectivity index is 2.12. The molecule has 0 amide bonds. The van der Waals surface area contributed by atoms with Crippen LogP contribution >= 0.6 is 0 Å². The lowest BCUT2D eigenvalue weighted by molar-refractivity contribution is 0.00937. The zero-order valence-corrected chi connectivity index (χ0v) is 11.9. The molecule has 1 unspecified atom stereocenters. The molecule has 102 valence electrons. The predicted octanol–water partition coefficient (Wildman–Crippen LogP) is 2.12. The number of rotatable bonds is 8. The molecule has 0 aromatic rings. The normalized spacial score (nSPS) is 19.8. The zero-order chi connectivity index (χ0) is 12.5. The molecule has 3 nitrogen and oxygen atoms in total. The Bertz CT molecular complexity index is 179. The third-order valence-electron chi connectivity index (χ3n) is 3.53. The van der Waals surface area contributed by atoms with E-state index in [1.54, 1.807) is 0 Å². The smallest absolute Gasteiger partial charge is 0.0722 e. The van der Waals surface area contributed by atoms with E-state index in [4.69, 9.17) is 4.74 Å². The van der Waals surface area contributed by atoms with E-state index in [-0.39, 0.29) is 0 Å². The Labute approximate surface area is 107 Å². The lowest BCUT2D eigenvalue weighted by atomic mass is 10.1. The molecule has 1 atom stereocenters. The number of likely N-dealkylation sites (N-methyl/N-ethyl adjacent to an activating group) is 1. The standard InChI is InChI=1S/C14H30N2O/c1-4-15-12-14(13(2)3)17-11-10-16-8-6-5-7-9-16/h13-15H,4-12H2,1-3H3. The van der Waals surface area contributed by atoms with E-state index in [2.05, 4.69) is 31.0 Å². The second-order valence-electron chi connectivity index (χ2n) is 5.36. The van der Waals surface area contributed by atoms with Crippen molar-refractivity contribution in [1.82, 2.24) is 10.2 Å². The molecule has 1 aliphatic heterocycles. The van der Waals surface area contributed by atoms with Gasteiger partial charge in [0.25, 0.3) is 0 Å². The summed E-state index contributed by atoms with van der Waals surface area (Å²) in [5.74, 6) is 0.593. The van der Waals surface area contributed by atoms with Crippen LogP contribution in [0.2, 0.25) is 0 Å². The zero-order valence-electron chi connectivity index (χ0n) is 11.9. The first-order valence-electron chi connectivity index (χ1n) is 7.28. The van der Waals surface area contributed by atoms with Gasteiger partial charge in [0.15, 0.2) is 0 Å². The van der Waals surface area contributed by atoms with Crippen molar-refractivity contribution in [3.63, 3.8) is 0 Å². The maximum atomic E-state index is 6.00. The lowest BCUT2D eigenvalue weighted by Gasteiger charge is -2.28. The summed E-state index contributed by atoms with van der Waals surface area (Å²) in [6.45, 7) is 13.2. The summed E-state index contributed by atoms with van der Waals surface area (Å²) in [6.07, 6.45) is 4.50. The van der Waals surface area contributed by atoms with Crippen LogP contribution < -0.4 is 5.32 Å². The third kappa shape index (κ3) is 6.39. The minimum absolute atomic E-state index is 0.361. The van der Waals surface area contributed by atoms with Crippen LogP contribution in [0.15, 0.2) is 0 Å². The van der Waals surface area contributed by atoms with Gasteiger partial charge in [-0.25, -0.2) is 0 Å². The number of likely N-dealkylation sites (tertiary alicyclic amines) is 1. The van der Waals surface area contributed by atoms with Gasteiger partial charge in [-0.15, -0.1) is 0 Å². The molecule has 1 saturated heterocycles. The Morgan fingerprint density at radius 1 is 1.18 bits per heavy atom. The van der Waals surface area contributed by atoms with Crippen molar-refractivity contribution in [3.05, 3.63) is 0 Å². The molecular formula is C14H30N2O. The van der Waals surface area contributed by atoms with Crippen molar-refractivity contribution < 1.29 is 4.74 Å². The van der Waals surface area contributed by atoms with Crippen molar-refractivity contribution in [3.8, 4) is 0 Å². The van der Waals surface area contributed by atoms with E-state index in [1.807, 2.05) is 0 Å². The maximum absolute atomic E-state index is 6.00. The second kappa shape index (κ2) is 8.90. The first-order chi connectivity index (χ1) is 8.24. The quantitative estimate of drug-likeness (QED) is 0.705. The van der Waals surface area contributed by atoms with E-state index in [9.17, 15) is 0 Å². The molecule has 0 aromatic carbocycles. The molecular weight excluding hydrogens is 212 g/mol. The third-order valence-corrected chi connectivity index (χ3v) is 3.53. The number of hydrogen-bond donors (Lipinski definition) is 1. The minimum atomic E-state index is 0.361. The first kappa shape index (κ1) is 14.9. The lowest BCUT2D eigenvalue weighted by Crippen LogP contribution is -2.37. The van der Waals surface area contributed by atoms with Crippen LogP contribution in [0.3, 0.4) is 0 Å². The SMILES string of the molecule is CCNCC(OCCN1CCCCC1)C(C)C. The monoisotopic (exact) mass is 242 g/mol. The van der Waals surface area contributed by atoms with Gasteiger partial charge in [-0.2, -0.15) is 0 Å². The molecule has 1 fully saturated rings. The summed E-state index contributed by atoms with van der Waals surface area (Å²) < 4.78 is 6.00. The van der Waals surface area contributed by atoms with E-state index >= 15 is 0 Å². The molecule has 3 heteroatoms. The van der Waals surface area contributed by atoms with Crippen LogP contribution in [-0.4, -0.2) is 50.3 Å². The van der Waals surface area contributed by atoms with Crippen LogP contribution in [0.4, 0.5) is 0 Å². The fourth-order valence-corrected chi connectivity index (χ4v) is 2.29. The Morgan fingerprint density at radius 3 is 2.47 bits per heavy atom. The van der Waals surface area contributed by atoms with Gasteiger partial charge >= 0.3 is 0 Å². The number of ether oxygens (including phenoxy) is 1. The van der Waals surface area contributed by atoms with Crippen LogP contribution in [-0.2, 0) is 4.74 Å². The highest BCUT2D eigenvalue weighted by Crippen LogP contribution is 2.09. The average molecular weight is 242 g/mol. The molecule has 0 bridgehead atoms. The van der Waals surface area contributed by atoms with Gasteiger partial charge < -0.3 is 15.0 Å². The number of nitrogens with one attached hydrogen (secondary N) is 1. The Hall–Kier alpha value is -0.120. The summed E-state index contributed by atoms with van der Waals surface area (Å²) in [5, 5.41) is 3.38. The summed E-state index contributed by atoms with van der Waals surface area (Å²) >= 11 is 0. The van der Waals surface area contributed by atoms with Crippen LogP contribution in [0.25, 0.3) is 0 Å². The molecule has 0 saturated carbocycles. The van der Waals surface area contributed by atoms with E-state index in [0.29, 0.717) is 12.0 Å². The highest BCUT2D eigenvalue weighted by atomic mass is 16.5. The van der Waals surface area contributed by atoms with Crippen molar-refractivity contribution in [1.29, 1.82) is 0 Å². The van der Waals surface area contributed by atoms with Crippen LogP contribution in [0.1, 0.15) is 40.0 Å². The second-order valence-corrected chi connectivity index (χ2v) is 5.36. The highest BCUT2D eigenvalue weighted by molar-refractivity contribution is 4.67. The Morgan fingerprint density at radius 2 is 1.88 bits per heavy atom. The molecule has 0 radical (unpaired) electrons. The summed E-state index contributed by atoms with van der Waals surface area (Å²) in [4.78, 5) is 2.54. The van der Waals surface area contributed by atoms with E-state index in [1.165, 1.54) is 32.4 Å². The van der Waals surface area contributed by atoms with Gasteiger partial charge in [0.05, 0.1) is 12.7 Å². The fraction of sp³-hybridized carbons (Fsp3) is 1.00. The van der Waals surface area contributed by atoms with Crippen LogP contribution in [0, 0.1) is 5.92 Å². The van der Waals surface area contributed by atoms with Crippen molar-refractivity contribution in [2.24, 2.45) is 5.92 Å². The van der Waals surface area contributed by atoms with E-state index < -0.39 is 0 Å². The molecule has 1 heterocycles. The van der Waals surface area contributed by atoms with Crippen molar-refractivity contribution in [2.75, 3.05) is 39.3 Å². The molecule has 0 spiro atoms. The van der Waals surface area contributed by atoms with Gasteiger partial charge in [0, 0.05) is 13.1 Å². The molecule has 1 N–H and O–H groups in total. The average Bonchev–Trinajstić information content (AvgIpc) is 2.34. The maximum Gasteiger partial charge on any atom is 0.0722 e. The number of nitrogens with zero attached hydrogens (tertiary/aromatic N) is 1. The van der Waals surface area contributed by atoms with Crippen LogP contribution in [0.5, 0.6) is 0 Å². The van der Waals surface area contributed by atoms with Gasteiger partial charge in [0.1, 0.15) is 0 Å². The van der Waals surface area contributed by atoms with Crippen molar-refractivity contribution in [2.45, 2.75) is 46.1 Å². The predicted molar refractivity (Wildman–Crippen MR) is 73.4 cm³/mol. The van der Waals surface area contributed by atoms with Gasteiger partial charge in [-0.05, 0) is 38.4 Å². The molecule has 0 aliphatic carbocycles. The summed E-state index contributed by atoms with van der Waals surface area (Å²) in [7, 11) is 0. The fourth-order valence-electron chi connectivity index (χ4n) is 2.29. The largest absolute Gasteiger partial charge is 0.375 e. The molecule has 0 aromatic heterocycles.